The number of phosphoric acid groups is 1. The molecule has 1 aliphatic rings. The Kier molecular flexibility index (Phi) is 9.23. The van der Waals surface area contributed by atoms with Crippen LogP contribution in [0.25, 0.3) is 0 Å². The predicted octanol–water partition coefficient (Wildman–Crippen LogP) is 0.124. The molecule has 19 nitrogen and oxygen atoms in total. The number of rotatable bonds is 12. The molecule has 22 heteroatoms. The molecule has 1 saturated heterocycles. The highest BCUT2D eigenvalue weighted by molar-refractivity contribution is 7.56. The van der Waals surface area contributed by atoms with Gasteiger partial charge in [-0.3, -0.25) is 23.4 Å². The Balaban J connectivity index is 2.07. The summed E-state index contributed by atoms with van der Waals surface area (Å²) < 4.78 is 58.3. The molecule has 31 heavy (non-hydrogen) atoms. The topological polar surface area (TPSA) is 272 Å². The summed E-state index contributed by atoms with van der Waals surface area (Å²) in [4.78, 5) is 58.9. The third kappa shape index (κ3) is 6.86. The van der Waals surface area contributed by atoms with Gasteiger partial charge in [0, 0.05) is 6.20 Å². The van der Waals surface area contributed by atoms with E-state index in [0.29, 0.717) is 0 Å². The van der Waals surface area contributed by atoms with Gasteiger partial charge < -0.3 is 14.6 Å². The molecule has 0 saturated carbocycles. The molecule has 7 atom stereocenters. The molecule has 0 amide bonds. The number of ether oxygens (including phenoxy) is 1. The van der Waals surface area contributed by atoms with E-state index in [2.05, 4.69) is 38.2 Å². The zero-order valence-corrected chi connectivity index (χ0v) is 17.5. The van der Waals surface area contributed by atoms with Crippen LogP contribution >= 0.6 is 24.3 Å². The molecule has 1 aromatic heterocycles. The van der Waals surface area contributed by atoms with Crippen molar-refractivity contribution in [3.63, 3.8) is 0 Å². The smallest absolute Gasteiger partial charge is 0.363 e. The first-order chi connectivity index (χ1) is 14.6. The van der Waals surface area contributed by atoms with E-state index in [1.807, 2.05) is 4.98 Å². The molecule has 0 radical (unpaired) electrons. The van der Waals surface area contributed by atoms with Crippen LogP contribution in [0.4, 0.5) is 0 Å². The number of nitroso groups, excluding NO2 is 2. The first kappa shape index (κ1) is 25.5. The lowest BCUT2D eigenvalue weighted by Gasteiger charge is -2.16. The van der Waals surface area contributed by atoms with Crippen LogP contribution in [0.5, 0.6) is 0 Å². The molecular formula is C9H13N4O15P3. The van der Waals surface area contributed by atoms with Gasteiger partial charge in [-0.15, -0.1) is 9.35 Å². The van der Waals surface area contributed by atoms with Gasteiger partial charge in [-0.2, -0.15) is 14.5 Å². The highest BCUT2D eigenvalue weighted by Crippen LogP contribution is 2.53. The Bertz CT molecular complexity index is 1010. The minimum absolute atomic E-state index is 0.291. The number of aromatic amines is 2. The molecule has 174 valence electrons. The minimum atomic E-state index is -5.16. The largest absolute Gasteiger partial charge is 0.479 e. The van der Waals surface area contributed by atoms with Gasteiger partial charge in [-0.1, -0.05) is 10.4 Å². The first-order valence-electron chi connectivity index (χ1n) is 7.65. The lowest BCUT2D eigenvalue weighted by molar-refractivity contribution is -0.182. The maximum Gasteiger partial charge on any atom is 0.479 e. The van der Waals surface area contributed by atoms with E-state index in [-0.39, 0.29) is 5.56 Å². The molecule has 4 N–H and O–H groups in total. The summed E-state index contributed by atoms with van der Waals surface area (Å²) in [6, 6.07) is -3.15. The number of H-pyrrole nitrogens is 2. The van der Waals surface area contributed by atoms with Crippen molar-refractivity contribution in [1.29, 1.82) is 0 Å². The second-order valence-corrected chi connectivity index (χ2v) is 8.87. The number of hydrogen-bond donors (Lipinski definition) is 4. The molecule has 1 aliphatic heterocycles. The Labute approximate surface area is 170 Å². The summed E-state index contributed by atoms with van der Waals surface area (Å²) in [6.07, 6.45) is -2.06. The fourth-order valence-electron chi connectivity index (χ4n) is 2.41. The number of nitrogens with one attached hydrogen (secondary N) is 2. The van der Waals surface area contributed by atoms with Crippen LogP contribution in [0, 0.1) is 9.81 Å². The van der Waals surface area contributed by atoms with Gasteiger partial charge in [-0.05, 0) is 0 Å². The maximum atomic E-state index is 11.9. The molecule has 0 aliphatic carbocycles. The van der Waals surface area contributed by atoms with Gasteiger partial charge in [0.1, 0.15) is 18.2 Å². The molecule has 7 unspecified atom stereocenters. The molecule has 0 aromatic carbocycles. The first-order valence-corrected chi connectivity index (χ1v) is 11.6. The van der Waals surface area contributed by atoms with E-state index in [0.717, 1.165) is 6.20 Å². The molecule has 0 spiro atoms. The van der Waals surface area contributed by atoms with Crippen LogP contribution in [0.2, 0.25) is 0 Å². The molecule has 0 bridgehead atoms. The van der Waals surface area contributed by atoms with E-state index in [1.165, 1.54) is 0 Å². The second kappa shape index (κ2) is 11.2. The summed E-state index contributed by atoms with van der Waals surface area (Å²) in [5.74, 6) is 0. The summed E-state index contributed by atoms with van der Waals surface area (Å²) in [6.45, 7) is -0.944. The number of phosphoric ester groups is 1. The second-order valence-electron chi connectivity index (χ2n) is 5.43. The summed E-state index contributed by atoms with van der Waals surface area (Å²) in [7, 11) is -12.7. The normalized spacial score (nSPS) is 27.3. The van der Waals surface area contributed by atoms with Crippen molar-refractivity contribution in [2.24, 2.45) is 10.4 Å². The quantitative estimate of drug-likeness (QED) is 0.126. The SMILES string of the molecule is O=NC1C(COP(=O)(O)O[PH](=O)OO[PH](=O)OO)OC(c2c[nH]c(=O)[nH]c2=O)C1N=O. The van der Waals surface area contributed by atoms with Crippen molar-refractivity contribution in [2.45, 2.75) is 24.3 Å². The Morgan fingerprint density at radius 3 is 2.39 bits per heavy atom. The zero-order valence-electron chi connectivity index (χ0n) is 14.6. The van der Waals surface area contributed by atoms with Gasteiger partial charge in [0.15, 0.2) is 6.04 Å². The average molecular weight is 510 g/mol. The van der Waals surface area contributed by atoms with Crippen LogP contribution in [0.15, 0.2) is 26.1 Å². The van der Waals surface area contributed by atoms with Gasteiger partial charge >= 0.3 is 30.0 Å². The molecule has 2 heterocycles. The van der Waals surface area contributed by atoms with Crippen molar-refractivity contribution in [3.8, 4) is 0 Å². The van der Waals surface area contributed by atoms with Crippen LogP contribution in [0.3, 0.4) is 0 Å². The summed E-state index contributed by atoms with van der Waals surface area (Å²) in [5, 5.41) is 13.3. The Morgan fingerprint density at radius 1 is 1.16 bits per heavy atom. The van der Waals surface area contributed by atoms with Crippen molar-refractivity contribution in [1.82, 2.24) is 9.97 Å². The fourth-order valence-corrected chi connectivity index (χ4v) is 4.41. The van der Waals surface area contributed by atoms with Crippen LogP contribution in [0.1, 0.15) is 11.7 Å². The van der Waals surface area contributed by atoms with Crippen LogP contribution < -0.4 is 11.2 Å². The van der Waals surface area contributed by atoms with Crippen molar-refractivity contribution in [3.05, 3.63) is 42.4 Å². The van der Waals surface area contributed by atoms with Crippen LogP contribution in [-0.4, -0.2) is 44.9 Å². The summed E-state index contributed by atoms with van der Waals surface area (Å²) in [5.41, 5.74) is -2.10. The predicted molar refractivity (Wildman–Crippen MR) is 95.2 cm³/mol. The minimum Gasteiger partial charge on any atom is -0.363 e. The van der Waals surface area contributed by atoms with Gasteiger partial charge in [0.25, 0.3) is 5.56 Å². The van der Waals surface area contributed by atoms with Gasteiger partial charge in [-0.25, -0.2) is 18.9 Å². The molecular weight excluding hydrogens is 497 g/mol. The van der Waals surface area contributed by atoms with Crippen LogP contribution in [-0.2, 0) is 41.3 Å². The van der Waals surface area contributed by atoms with E-state index in [9.17, 15) is 38.0 Å². The zero-order chi connectivity index (χ0) is 23.2. The van der Waals surface area contributed by atoms with Crippen molar-refractivity contribution in [2.75, 3.05) is 6.61 Å². The van der Waals surface area contributed by atoms with Crippen molar-refractivity contribution >= 4 is 24.3 Å². The number of aromatic nitrogens is 2. The lowest BCUT2D eigenvalue weighted by atomic mass is 10.00. The average Bonchev–Trinajstić information content (AvgIpc) is 3.07. The highest BCUT2D eigenvalue weighted by atomic mass is 31.2. The van der Waals surface area contributed by atoms with E-state index < -0.39 is 66.5 Å². The third-order valence-corrected chi connectivity index (χ3v) is 6.35. The molecule has 2 rings (SSSR count). The van der Waals surface area contributed by atoms with Gasteiger partial charge in [0.05, 0.1) is 12.2 Å². The standard InChI is InChI=1S/C9H13N4O15P3/c14-8-3(1-10-9(15)11-8)7-6(13-17)5(12-16)4(24-7)2-23-31(21,22)28-30(20)27-26-29(19)25-18/h1,4-7,18,29-30H,2H2,(H,21,22)(H2,10,11,14,15). The van der Waals surface area contributed by atoms with E-state index in [4.69, 9.17) is 9.99 Å². The van der Waals surface area contributed by atoms with Gasteiger partial charge in [0.2, 0.25) is 0 Å². The van der Waals surface area contributed by atoms with E-state index >= 15 is 0 Å². The Morgan fingerprint density at radius 2 is 1.81 bits per heavy atom. The van der Waals surface area contributed by atoms with E-state index in [1.54, 1.807) is 0 Å². The maximum absolute atomic E-state index is 11.9. The number of hydrogen-bond acceptors (Lipinski definition) is 16. The highest BCUT2D eigenvalue weighted by Gasteiger charge is 2.49. The third-order valence-electron chi connectivity index (χ3n) is 3.60. The fraction of sp³-hybridized carbons (Fsp3) is 0.556. The monoisotopic (exact) mass is 510 g/mol. The number of nitrogens with zero attached hydrogens (tertiary/aromatic N) is 2. The molecule has 1 fully saturated rings. The molecule has 1 aromatic rings. The lowest BCUT2D eigenvalue weighted by Crippen LogP contribution is -2.32. The summed E-state index contributed by atoms with van der Waals surface area (Å²) >= 11 is 0. The Hall–Kier alpha value is -1.75. The van der Waals surface area contributed by atoms with Crippen molar-refractivity contribution < 1.29 is 51.4 Å².